The van der Waals surface area contributed by atoms with Crippen molar-refractivity contribution in [1.82, 2.24) is 4.90 Å². The summed E-state index contributed by atoms with van der Waals surface area (Å²) in [6.45, 7) is 4.28. The van der Waals surface area contributed by atoms with E-state index >= 15 is 0 Å². The molecule has 0 saturated heterocycles. The topological polar surface area (TPSA) is 23.5 Å². The lowest BCUT2D eigenvalue weighted by Crippen LogP contribution is -2.42. The van der Waals surface area contributed by atoms with Crippen LogP contribution in [0.4, 0.5) is 0 Å². The van der Waals surface area contributed by atoms with Crippen LogP contribution in [-0.2, 0) is 5.60 Å². The summed E-state index contributed by atoms with van der Waals surface area (Å²) in [4.78, 5) is 2.15. The van der Waals surface area contributed by atoms with Crippen molar-refractivity contribution in [2.45, 2.75) is 37.8 Å². The first kappa shape index (κ1) is 18.3. The van der Waals surface area contributed by atoms with Gasteiger partial charge in [-0.1, -0.05) is 86.4 Å². The second-order valence-corrected chi connectivity index (χ2v) is 6.33. The van der Waals surface area contributed by atoms with Crippen LogP contribution in [0.25, 0.3) is 0 Å². The number of hydrogen-bond donors (Lipinski definition) is 1. The van der Waals surface area contributed by atoms with Gasteiger partial charge in [-0.2, -0.15) is 0 Å². The summed E-state index contributed by atoms with van der Waals surface area (Å²) >= 11 is 0. The average Bonchev–Trinajstić information content (AvgIpc) is 2.64. The fourth-order valence-corrected chi connectivity index (χ4v) is 3.05. The Balaban J connectivity index is 2.60. The molecular weight excluding hydrogens is 294 g/mol. The minimum absolute atomic E-state index is 0.239. The number of benzene rings is 2. The van der Waals surface area contributed by atoms with Gasteiger partial charge < -0.3 is 5.11 Å². The van der Waals surface area contributed by atoms with E-state index < -0.39 is 5.60 Å². The zero-order valence-electron chi connectivity index (χ0n) is 15.1. The van der Waals surface area contributed by atoms with Gasteiger partial charge in [-0.25, -0.2) is 0 Å². The van der Waals surface area contributed by atoms with Gasteiger partial charge in [0.15, 0.2) is 5.60 Å². The molecule has 0 aliphatic heterocycles. The van der Waals surface area contributed by atoms with Crippen molar-refractivity contribution in [3.63, 3.8) is 0 Å². The lowest BCUT2D eigenvalue weighted by atomic mass is 9.84. The van der Waals surface area contributed by atoms with Crippen LogP contribution in [0.2, 0.25) is 0 Å². The molecule has 0 aliphatic rings. The fourth-order valence-electron chi connectivity index (χ4n) is 3.05. The number of rotatable bonds is 5. The Morgan fingerprint density at radius 2 is 1.21 bits per heavy atom. The Kier molecular flexibility index (Phi) is 5.83. The standard InChI is InChI=1S/C22H27NO/c1-5-21(6-2,23(3)4)17-18-22(24,19-13-9-7-10-14-19)20-15-11-8-12-16-20/h7-16,24H,5-6H2,1-4H3. The van der Waals surface area contributed by atoms with Gasteiger partial charge >= 0.3 is 0 Å². The lowest BCUT2D eigenvalue weighted by Gasteiger charge is -2.34. The molecule has 0 atom stereocenters. The van der Waals surface area contributed by atoms with E-state index in [-0.39, 0.29) is 5.54 Å². The Labute approximate surface area is 146 Å². The van der Waals surface area contributed by atoms with E-state index in [4.69, 9.17) is 0 Å². The van der Waals surface area contributed by atoms with Gasteiger partial charge in [0.05, 0.1) is 5.54 Å². The van der Waals surface area contributed by atoms with Crippen molar-refractivity contribution in [1.29, 1.82) is 0 Å². The van der Waals surface area contributed by atoms with E-state index in [0.29, 0.717) is 0 Å². The molecule has 1 N–H and O–H groups in total. The molecule has 2 aromatic carbocycles. The van der Waals surface area contributed by atoms with Gasteiger partial charge in [0, 0.05) is 11.1 Å². The summed E-state index contributed by atoms with van der Waals surface area (Å²) in [7, 11) is 4.09. The predicted octanol–water partition coefficient (Wildman–Crippen LogP) is 4.05. The predicted molar refractivity (Wildman–Crippen MR) is 101 cm³/mol. The third-order valence-electron chi connectivity index (χ3n) is 4.89. The van der Waals surface area contributed by atoms with Gasteiger partial charge in [0.2, 0.25) is 0 Å². The van der Waals surface area contributed by atoms with Crippen LogP contribution in [0.3, 0.4) is 0 Å². The summed E-state index contributed by atoms with van der Waals surface area (Å²) in [6, 6.07) is 19.3. The van der Waals surface area contributed by atoms with Crippen LogP contribution in [0, 0.1) is 11.8 Å². The molecule has 0 aliphatic carbocycles. The quantitative estimate of drug-likeness (QED) is 0.840. The molecule has 24 heavy (non-hydrogen) atoms. The van der Waals surface area contributed by atoms with Gasteiger partial charge in [-0.3, -0.25) is 4.90 Å². The van der Waals surface area contributed by atoms with Gasteiger partial charge in [-0.15, -0.1) is 0 Å². The molecule has 0 amide bonds. The minimum atomic E-state index is -1.31. The van der Waals surface area contributed by atoms with Crippen LogP contribution >= 0.6 is 0 Å². The summed E-state index contributed by atoms with van der Waals surface area (Å²) in [5.41, 5.74) is 0.0400. The number of nitrogens with zero attached hydrogens (tertiary/aromatic N) is 1. The van der Waals surface area contributed by atoms with E-state index in [2.05, 4.69) is 30.6 Å². The Hall–Kier alpha value is -2.08. The van der Waals surface area contributed by atoms with Gasteiger partial charge in [-0.05, 0) is 26.9 Å². The van der Waals surface area contributed by atoms with E-state index in [0.717, 1.165) is 24.0 Å². The maximum absolute atomic E-state index is 11.5. The van der Waals surface area contributed by atoms with Crippen molar-refractivity contribution >= 4 is 0 Å². The highest BCUT2D eigenvalue weighted by molar-refractivity contribution is 5.45. The lowest BCUT2D eigenvalue weighted by molar-refractivity contribution is 0.143. The molecule has 2 rings (SSSR count). The number of aliphatic hydroxyl groups is 1. The second kappa shape index (κ2) is 7.66. The Morgan fingerprint density at radius 1 is 0.792 bits per heavy atom. The highest BCUT2D eigenvalue weighted by Crippen LogP contribution is 2.30. The largest absolute Gasteiger partial charge is 0.369 e. The van der Waals surface area contributed by atoms with Crippen LogP contribution in [-0.4, -0.2) is 29.6 Å². The zero-order chi connectivity index (χ0) is 17.6. The normalized spacial score (nSPS) is 11.9. The molecule has 126 valence electrons. The molecule has 0 unspecified atom stereocenters. The molecule has 2 nitrogen and oxygen atoms in total. The first-order valence-electron chi connectivity index (χ1n) is 8.53. The highest BCUT2D eigenvalue weighted by Gasteiger charge is 2.32. The molecule has 0 radical (unpaired) electrons. The summed E-state index contributed by atoms with van der Waals surface area (Å²) < 4.78 is 0. The maximum atomic E-state index is 11.5. The molecule has 0 saturated carbocycles. The second-order valence-electron chi connectivity index (χ2n) is 6.33. The van der Waals surface area contributed by atoms with Crippen molar-refractivity contribution in [2.24, 2.45) is 0 Å². The Morgan fingerprint density at radius 3 is 1.54 bits per heavy atom. The van der Waals surface area contributed by atoms with Crippen LogP contribution in [0.5, 0.6) is 0 Å². The van der Waals surface area contributed by atoms with Gasteiger partial charge in [0.1, 0.15) is 0 Å². The number of hydrogen-bond acceptors (Lipinski definition) is 2. The van der Waals surface area contributed by atoms with E-state index in [1.807, 2.05) is 74.8 Å². The summed E-state index contributed by atoms with van der Waals surface area (Å²) in [5, 5.41) is 11.5. The molecule has 0 spiro atoms. The minimum Gasteiger partial charge on any atom is -0.369 e. The highest BCUT2D eigenvalue weighted by atomic mass is 16.3. The first-order chi connectivity index (χ1) is 11.5. The van der Waals surface area contributed by atoms with Crippen LogP contribution in [0.1, 0.15) is 37.8 Å². The average molecular weight is 321 g/mol. The van der Waals surface area contributed by atoms with E-state index in [1.54, 1.807) is 0 Å². The molecule has 2 aromatic rings. The van der Waals surface area contributed by atoms with Crippen molar-refractivity contribution < 1.29 is 5.11 Å². The maximum Gasteiger partial charge on any atom is 0.176 e. The fraction of sp³-hybridized carbons (Fsp3) is 0.364. The van der Waals surface area contributed by atoms with Crippen molar-refractivity contribution in [3.05, 3.63) is 71.8 Å². The monoisotopic (exact) mass is 321 g/mol. The third kappa shape index (κ3) is 3.53. The molecular formula is C22H27NO. The molecule has 0 aromatic heterocycles. The molecule has 0 bridgehead atoms. The smallest absolute Gasteiger partial charge is 0.176 e. The van der Waals surface area contributed by atoms with Crippen molar-refractivity contribution in [2.75, 3.05) is 14.1 Å². The summed E-state index contributed by atoms with van der Waals surface area (Å²) in [5.74, 6) is 6.61. The van der Waals surface area contributed by atoms with E-state index in [1.165, 1.54) is 0 Å². The van der Waals surface area contributed by atoms with Gasteiger partial charge in [0.25, 0.3) is 0 Å². The SMILES string of the molecule is CCC(C#CC(O)(c1ccccc1)c1ccccc1)(CC)N(C)C. The first-order valence-corrected chi connectivity index (χ1v) is 8.53. The zero-order valence-corrected chi connectivity index (χ0v) is 15.1. The van der Waals surface area contributed by atoms with Crippen LogP contribution < -0.4 is 0 Å². The molecule has 0 heterocycles. The Bertz CT molecular complexity index is 651. The molecule has 2 heteroatoms. The van der Waals surface area contributed by atoms with Crippen LogP contribution in [0.15, 0.2) is 60.7 Å². The third-order valence-corrected chi connectivity index (χ3v) is 4.89. The van der Waals surface area contributed by atoms with Crippen molar-refractivity contribution in [3.8, 4) is 11.8 Å². The summed E-state index contributed by atoms with van der Waals surface area (Å²) in [6.07, 6.45) is 1.81. The van der Waals surface area contributed by atoms with E-state index in [9.17, 15) is 5.11 Å². The molecule has 0 fully saturated rings.